The Labute approximate surface area is 152 Å². The lowest BCUT2D eigenvalue weighted by Gasteiger charge is -2.44. The van der Waals surface area contributed by atoms with Crippen LogP contribution in [0.15, 0.2) is 59.5 Å². The fourth-order valence-corrected chi connectivity index (χ4v) is 4.81. The lowest BCUT2D eigenvalue weighted by atomic mass is 10.0. The maximum Gasteiger partial charge on any atom is 0.270 e. The summed E-state index contributed by atoms with van der Waals surface area (Å²) in [5.41, 5.74) is -0.131. The van der Waals surface area contributed by atoms with Gasteiger partial charge in [-0.25, -0.2) is 8.42 Å². The predicted molar refractivity (Wildman–Crippen MR) is 96.2 cm³/mol. The SMILES string of the molecule is CC1(C)COC(c2ccccc2)CN1S(=O)(=O)c1cccc([N+](=O)[O-])c1. The van der Waals surface area contributed by atoms with Crippen molar-refractivity contribution in [3.63, 3.8) is 0 Å². The van der Waals surface area contributed by atoms with Gasteiger partial charge in [0.25, 0.3) is 5.69 Å². The summed E-state index contributed by atoms with van der Waals surface area (Å²) < 4.78 is 33.7. The van der Waals surface area contributed by atoms with E-state index in [2.05, 4.69) is 0 Å². The molecule has 7 nitrogen and oxygen atoms in total. The van der Waals surface area contributed by atoms with Gasteiger partial charge in [0.2, 0.25) is 10.0 Å². The van der Waals surface area contributed by atoms with Crippen molar-refractivity contribution in [3.05, 3.63) is 70.3 Å². The number of benzene rings is 2. The lowest BCUT2D eigenvalue weighted by molar-refractivity contribution is -0.385. The van der Waals surface area contributed by atoms with Gasteiger partial charge in [-0.3, -0.25) is 10.1 Å². The first-order valence-electron chi connectivity index (χ1n) is 8.16. The Balaban J connectivity index is 1.98. The van der Waals surface area contributed by atoms with Crippen LogP contribution < -0.4 is 0 Å². The molecule has 1 atom stereocenters. The number of sulfonamides is 1. The molecular formula is C18H20N2O5S. The number of rotatable bonds is 4. The summed E-state index contributed by atoms with van der Waals surface area (Å²) in [6.45, 7) is 3.93. The van der Waals surface area contributed by atoms with Crippen LogP contribution in [-0.2, 0) is 14.8 Å². The third kappa shape index (κ3) is 3.48. The summed E-state index contributed by atoms with van der Waals surface area (Å²) in [6, 6.07) is 14.5. The summed E-state index contributed by atoms with van der Waals surface area (Å²) in [5, 5.41) is 11.0. The number of nitrogens with zero attached hydrogens (tertiary/aromatic N) is 2. The monoisotopic (exact) mass is 376 g/mol. The van der Waals surface area contributed by atoms with E-state index in [0.717, 1.165) is 11.6 Å². The average molecular weight is 376 g/mol. The quantitative estimate of drug-likeness (QED) is 0.604. The summed E-state index contributed by atoms with van der Waals surface area (Å²) in [6.07, 6.45) is -0.391. The van der Waals surface area contributed by atoms with Crippen molar-refractivity contribution in [2.75, 3.05) is 13.2 Å². The summed E-state index contributed by atoms with van der Waals surface area (Å²) in [4.78, 5) is 10.3. The normalized spacial score (nSPS) is 20.6. The Hall–Kier alpha value is -2.29. The van der Waals surface area contributed by atoms with E-state index in [9.17, 15) is 18.5 Å². The predicted octanol–water partition coefficient (Wildman–Crippen LogP) is 3.14. The second kappa shape index (κ2) is 6.79. The molecule has 2 aromatic carbocycles. The second-order valence-corrected chi connectivity index (χ2v) is 8.68. The minimum atomic E-state index is -3.92. The zero-order chi connectivity index (χ0) is 18.9. The van der Waals surface area contributed by atoms with Crippen LogP contribution in [0, 0.1) is 10.1 Å². The maximum atomic E-state index is 13.2. The molecule has 3 rings (SSSR count). The first-order valence-corrected chi connectivity index (χ1v) is 9.60. The number of hydrogen-bond donors (Lipinski definition) is 0. The van der Waals surface area contributed by atoms with Gasteiger partial charge in [0, 0.05) is 18.7 Å². The molecule has 1 saturated heterocycles. The van der Waals surface area contributed by atoms with Crippen molar-refractivity contribution in [1.82, 2.24) is 4.31 Å². The second-order valence-electron chi connectivity index (χ2n) is 6.81. The van der Waals surface area contributed by atoms with Gasteiger partial charge in [0.15, 0.2) is 0 Å². The van der Waals surface area contributed by atoms with Gasteiger partial charge in [-0.2, -0.15) is 4.31 Å². The molecule has 1 aliphatic rings. The van der Waals surface area contributed by atoms with E-state index < -0.39 is 26.6 Å². The van der Waals surface area contributed by atoms with Gasteiger partial charge in [0.05, 0.1) is 28.1 Å². The molecule has 0 saturated carbocycles. The van der Waals surface area contributed by atoms with Crippen LogP contribution >= 0.6 is 0 Å². The number of morpholine rings is 1. The third-order valence-corrected chi connectivity index (χ3v) is 6.51. The number of hydrogen-bond acceptors (Lipinski definition) is 5. The van der Waals surface area contributed by atoms with E-state index in [0.29, 0.717) is 0 Å². The van der Waals surface area contributed by atoms with Crippen LogP contribution in [0.5, 0.6) is 0 Å². The minimum absolute atomic E-state index is 0.0894. The van der Waals surface area contributed by atoms with Gasteiger partial charge in [-0.05, 0) is 25.5 Å². The fraction of sp³-hybridized carbons (Fsp3) is 0.333. The number of non-ortho nitro benzene ring substituents is 1. The molecule has 26 heavy (non-hydrogen) atoms. The summed E-state index contributed by atoms with van der Waals surface area (Å²) >= 11 is 0. The largest absolute Gasteiger partial charge is 0.370 e. The van der Waals surface area contributed by atoms with Crippen LogP contribution in [0.3, 0.4) is 0 Å². The highest BCUT2D eigenvalue weighted by atomic mass is 32.2. The topological polar surface area (TPSA) is 89.8 Å². The summed E-state index contributed by atoms with van der Waals surface area (Å²) in [7, 11) is -3.92. The van der Waals surface area contributed by atoms with Crippen LogP contribution in [-0.4, -0.2) is 36.3 Å². The first-order chi connectivity index (χ1) is 12.2. The van der Waals surface area contributed by atoms with Crippen molar-refractivity contribution in [1.29, 1.82) is 0 Å². The number of nitro groups is 1. The Bertz CT molecular complexity index is 912. The number of nitro benzene ring substituents is 1. The molecule has 0 radical (unpaired) electrons. The smallest absolute Gasteiger partial charge is 0.270 e. The van der Waals surface area contributed by atoms with E-state index in [1.54, 1.807) is 13.8 Å². The molecule has 8 heteroatoms. The Morgan fingerprint density at radius 1 is 1.15 bits per heavy atom. The zero-order valence-corrected chi connectivity index (χ0v) is 15.3. The van der Waals surface area contributed by atoms with E-state index >= 15 is 0 Å². The van der Waals surface area contributed by atoms with Gasteiger partial charge < -0.3 is 4.74 Å². The van der Waals surface area contributed by atoms with Crippen LogP contribution in [0.25, 0.3) is 0 Å². The van der Waals surface area contributed by atoms with Gasteiger partial charge in [-0.1, -0.05) is 36.4 Å². The van der Waals surface area contributed by atoms with Crippen molar-refractivity contribution >= 4 is 15.7 Å². The molecule has 0 N–H and O–H groups in total. The fourth-order valence-electron chi connectivity index (χ4n) is 3.00. The molecule has 1 aliphatic heterocycles. The molecule has 0 aliphatic carbocycles. The molecule has 138 valence electrons. The van der Waals surface area contributed by atoms with Gasteiger partial charge in [-0.15, -0.1) is 0 Å². The number of ether oxygens (including phenoxy) is 1. The average Bonchev–Trinajstić information content (AvgIpc) is 2.62. The van der Waals surface area contributed by atoms with E-state index in [4.69, 9.17) is 4.74 Å². The summed E-state index contributed by atoms with van der Waals surface area (Å²) in [5.74, 6) is 0. The van der Waals surface area contributed by atoms with Crippen molar-refractivity contribution < 1.29 is 18.1 Å². The highest BCUT2D eigenvalue weighted by Gasteiger charge is 2.43. The molecule has 0 amide bonds. The highest BCUT2D eigenvalue weighted by Crippen LogP contribution is 2.35. The molecule has 0 spiro atoms. The Morgan fingerprint density at radius 3 is 2.50 bits per heavy atom. The maximum absolute atomic E-state index is 13.2. The Kier molecular flexibility index (Phi) is 4.83. The van der Waals surface area contributed by atoms with Crippen molar-refractivity contribution in [2.45, 2.75) is 30.4 Å². The molecule has 1 heterocycles. The zero-order valence-electron chi connectivity index (χ0n) is 14.5. The highest BCUT2D eigenvalue weighted by molar-refractivity contribution is 7.89. The van der Waals surface area contributed by atoms with Gasteiger partial charge in [0.1, 0.15) is 0 Å². The van der Waals surface area contributed by atoms with Crippen LogP contribution in [0.4, 0.5) is 5.69 Å². The van der Waals surface area contributed by atoms with Gasteiger partial charge >= 0.3 is 0 Å². The third-order valence-electron chi connectivity index (χ3n) is 4.43. The van der Waals surface area contributed by atoms with Crippen molar-refractivity contribution in [2.24, 2.45) is 0 Å². The molecule has 1 fully saturated rings. The molecule has 2 aromatic rings. The molecule has 0 bridgehead atoms. The molecule has 0 aromatic heterocycles. The van der Waals surface area contributed by atoms with Crippen molar-refractivity contribution in [3.8, 4) is 0 Å². The van der Waals surface area contributed by atoms with Crippen LogP contribution in [0.1, 0.15) is 25.5 Å². The van der Waals surface area contributed by atoms with Crippen LogP contribution in [0.2, 0.25) is 0 Å². The first kappa shape index (κ1) is 18.5. The molecular weight excluding hydrogens is 356 g/mol. The van der Waals surface area contributed by atoms with E-state index in [1.807, 2.05) is 30.3 Å². The minimum Gasteiger partial charge on any atom is -0.370 e. The van der Waals surface area contributed by atoms with E-state index in [-0.39, 0.29) is 23.7 Å². The Morgan fingerprint density at radius 2 is 1.85 bits per heavy atom. The standard InChI is InChI=1S/C18H20N2O5S/c1-18(2)13-25-17(14-7-4-3-5-8-14)12-19(18)26(23,24)16-10-6-9-15(11-16)20(21)22/h3-11,17H,12-13H2,1-2H3. The molecule has 1 unspecified atom stereocenters. The lowest BCUT2D eigenvalue weighted by Crippen LogP contribution is -2.56. The van der Waals surface area contributed by atoms with E-state index in [1.165, 1.54) is 22.5 Å².